The number of amides is 1. The highest BCUT2D eigenvalue weighted by Crippen LogP contribution is 2.33. The van der Waals surface area contributed by atoms with E-state index in [2.05, 4.69) is 55.6 Å². The molecule has 1 aromatic heterocycles. The normalized spacial score (nSPS) is 10.9. The maximum atomic E-state index is 12.5. The summed E-state index contributed by atoms with van der Waals surface area (Å²) in [5, 5.41) is 4.21. The number of carbonyl (C=O) groups is 1. The minimum Gasteiger partial charge on any atom is -0.351 e. The predicted molar refractivity (Wildman–Crippen MR) is 98.4 cm³/mol. The van der Waals surface area contributed by atoms with Crippen molar-refractivity contribution in [2.24, 2.45) is 0 Å². The Morgan fingerprint density at radius 1 is 1.09 bits per heavy atom. The maximum Gasteiger partial charge on any atom is 0.261 e. The fourth-order valence-electron chi connectivity index (χ4n) is 2.69. The van der Waals surface area contributed by atoms with Gasteiger partial charge in [0.1, 0.15) is 0 Å². The molecule has 2 nitrogen and oxygen atoms in total. The molecule has 0 spiro atoms. The molecule has 3 aromatic rings. The van der Waals surface area contributed by atoms with Crippen LogP contribution < -0.4 is 5.32 Å². The maximum absolute atomic E-state index is 12.5. The van der Waals surface area contributed by atoms with Crippen LogP contribution in [-0.4, -0.2) is 12.5 Å². The summed E-state index contributed by atoms with van der Waals surface area (Å²) in [6.07, 6.45) is 1.74. The molecule has 0 unspecified atom stereocenters. The molecule has 0 saturated heterocycles. The van der Waals surface area contributed by atoms with Crippen LogP contribution in [0.5, 0.6) is 0 Å². The van der Waals surface area contributed by atoms with Gasteiger partial charge in [0.05, 0.1) is 4.88 Å². The molecule has 1 N–H and O–H groups in total. The van der Waals surface area contributed by atoms with Gasteiger partial charge in [-0.3, -0.25) is 4.79 Å². The van der Waals surface area contributed by atoms with E-state index in [4.69, 9.17) is 0 Å². The Hall–Kier alpha value is -2.13. The molecule has 1 heterocycles. The number of thiophene rings is 1. The van der Waals surface area contributed by atoms with Crippen molar-refractivity contribution in [3.05, 3.63) is 70.1 Å². The van der Waals surface area contributed by atoms with E-state index in [1.54, 1.807) is 11.3 Å². The largest absolute Gasteiger partial charge is 0.351 e. The van der Waals surface area contributed by atoms with Gasteiger partial charge in [-0.25, -0.2) is 0 Å². The number of hydrogen-bond acceptors (Lipinski definition) is 2. The van der Waals surface area contributed by atoms with Crippen LogP contribution in [0.25, 0.3) is 10.1 Å². The topological polar surface area (TPSA) is 29.1 Å². The van der Waals surface area contributed by atoms with Crippen molar-refractivity contribution in [1.82, 2.24) is 5.32 Å². The van der Waals surface area contributed by atoms with Crippen LogP contribution in [0.15, 0.2) is 48.5 Å². The minimum absolute atomic E-state index is 0.0511. The molecule has 0 aliphatic rings. The first-order valence-corrected chi connectivity index (χ1v) is 8.85. The Morgan fingerprint density at radius 3 is 2.57 bits per heavy atom. The summed E-state index contributed by atoms with van der Waals surface area (Å²) in [6, 6.07) is 16.8. The molecule has 3 rings (SSSR count). The molecule has 0 aliphatic heterocycles. The third kappa shape index (κ3) is 3.45. The highest BCUT2D eigenvalue weighted by molar-refractivity contribution is 7.21. The summed E-state index contributed by atoms with van der Waals surface area (Å²) in [6.45, 7) is 4.88. The fraction of sp³-hybridized carbons (Fsp3) is 0.250. The van der Waals surface area contributed by atoms with Crippen LogP contribution in [0.4, 0.5) is 0 Å². The molecule has 2 aromatic carbocycles. The van der Waals surface area contributed by atoms with Gasteiger partial charge in [0.15, 0.2) is 0 Å². The van der Waals surface area contributed by atoms with Crippen molar-refractivity contribution in [3.8, 4) is 0 Å². The summed E-state index contributed by atoms with van der Waals surface area (Å²) < 4.78 is 1.18. The number of benzene rings is 2. The molecule has 23 heavy (non-hydrogen) atoms. The molecule has 0 bridgehead atoms. The Labute approximate surface area is 141 Å². The smallest absolute Gasteiger partial charge is 0.261 e. The average molecular weight is 323 g/mol. The SMILES string of the molecule is CCCNC(=O)c1sc2ccccc2c1Cc1ccc(C)cc1. The second-order valence-corrected chi connectivity index (χ2v) is 6.88. The second-order valence-electron chi connectivity index (χ2n) is 5.82. The average Bonchev–Trinajstić information content (AvgIpc) is 2.93. The van der Waals surface area contributed by atoms with Gasteiger partial charge < -0.3 is 5.32 Å². The summed E-state index contributed by atoms with van der Waals surface area (Å²) in [7, 11) is 0. The van der Waals surface area contributed by atoms with Crippen molar-refractivity contribution >= 4 is 27.3 Å². The van der Waals surface area contributed by atoms with E-state index < -0.39 is 0 Å². The van der Waals surface area contributed by atoms with Crippen LogP contribution in [0.2, 0.25) is 0 Å². The van der Waals surface area contributed by atoms with Gasteiger partial charge in [-0.1, -0.05) is 55.0 Å². The van der Waals surface area contributed by atoms with Crippen molar-refractivity contribution in [2.75, 3.05) is 6.54 Å². The van der Waals surface area contributed by atoms with Crippen LogP contribution in [0.1, 0.15) is 39.7 Å². The van der Waals surface area contributed by atoms with Gasteiger partial charge in [0.25, 0.3) is 5.91 Å². The lowest BCUT2D eigenvalue weighted by molar-refractivity contribution is 0.0957. The van der Waals surface area contributed by atoms with Gasteiger partial charge >= 0.3 is 0 Å². The molecule has 0 atom stereocenters. The van der Waals surface area contributed by atoms with Crippen LogP contribution >= 0.6 is 11.3 Å². The number of carbonyl (C=O) groups excluding carboxylic acids is 1. The lowest BCUT2D eigenvalue weighted by Gasteiger charge is -2.06. The van der Waals surface area contributed by atoms with E-state index in [1.807, 2.05) is 12.1 Å². The lowest BCUT2D eigenvalue weighted by Crippen LogP contribution is -2.24. The zero-order valence-corrected chi connectivity index (χ0v) is 14.4. The number of aryl methyl sites for hydroxylation is 1. The predicted octanol–water partition coefficient (Wildman–Crippen LogP) is 4.94. The quantitative estimate of drug-likeness (QED) is 0.708. The van der Waals surface area contributed by atoms with Crippen molar-refractivity contribution in [1.29, 1.82) is 0 Å². The van der Waals surface area contributed by atoms with E-state index in [0.29, 0.717) is 0 Å². The zero-order chi connectivity index (χ0) is 16.2. The Kier molecular flexibility index (Phi) is 4.77. The summed E-state index contributed by atoms with van der Waals surface area (Å²) in [5.74, 6) is 0.0511. The monoisotopic (exact) mass is 323 g/mol. The van der Waals surface area contributed by atoms with Gasteiger partial charge in [-0.05, 0) is 42.3 Å². The minimum atomic E-state index is 0.0511. The number of hydrogen-bond donors (Lipinski definition) is 1. The van der Waals surface area contributed by atoms with E-state index >= 15 is 0 Å². The van der Waals surface area contributed by atoms with Gasteiger partial charge in [0, 0.05) is 11.2 Å². The second kappa shape index (κ2) is 6.97. The highest BCUT2D eigenvalue weighted by Gasteiger charge is 2.18. The Morgan fingerprint density at radius 2 is 1.83 bits per heavy atom. The molecule has 1 amide bonds. The Balaban J connectivity index is 2.01. The van der Waals surface area contributed by atoms with E-state index in [1.165, 1.54) is 21.2 Å². The molecule has 0 saturated carbocycles. The van der Waals surface area contributed by atoms with Gasteiger partial charge in [0.2, 0.25) is 0 Å². The molecular formula is C20H21NOS. The highest BCUT2D eigenvalue weighted by atomic mass is 32.1. The van der Waals surface area contributed by atoms with Crippen LogP contribution in [0.3, 0.4) is 0 Å². The first-order chi connectivity index (χ1) is 11.2. The number of fused-ring (bicyclic) bond motifs is 1. The fourth-order valence-corrected chi connectivity index (χ4v) is 3.82. The van der Waals surface area contributed by atoms with Crippen molar-refractivity contribution in [3.63, 3.8) is 0 Å². The Bertz CT molecular complexity index is 817. The summed E-state index contributed by atoms with van der Waals surface area (Å²) >= 11 is 1.59. The van der Waals surface area contributed by atoms with E-state index in [9.17, 15) is 4.79 Å². The van der Waals surface area contributed by atoms with Gasteiger partial charge in [-0.2, -0.15) is 0 Å². The number of rotatable bonds is 5. The molecule has 3 heteroatoms. The van der Waals surface area contributed by atoms with E-state index in [0.717, 1.165) is 29.8 Å². The van der Waals surface area contributed by atoms with Gasteiger partial charge in [-0.15, -0.1) is 11.3 Å². The first kappa shape index (κ1) is 15.8. The van der Waals surface area contributed by atoms with Crippen molar-refractivity contribution < 1.29 is 4.79 Å². The molecule has 0 radical (unpaired) electrons. The zero-order valence-electron chi connectivity index (χ0n) is 13.6. The first-order valence-electron chi connectivity index (χ1n) is 8.03. The third-order valence-corrected chi connectivity index (χ3v) is 5.15. The van der Waals surface area contributed by atoms with Crippen molar-refractivity contribution in [2.45, 2.75) is 26.7 Å². The molecule has 0 aliphatic carbocycles. The third-order valence-electron chi connectivity index (χ3n) is 3.94. The summed E-state index contributed by atoms with van der Waals surface area (Å²) in [5.41, 5.74) is 3.64. The molecule has 0 fully saturated rings. The standard InChI is InChI=1S/C20H21NOS/c1-3-12-21-20(22)19-17(13-15-10-8-14(2)9-11-15)16-6-4-5-7-18(16)23-19/h4-11H,3,12-13H2,1-2H3,(H,21,22). The van der Waals surface area contributed by atoms with Crippen LogP contribution in [-0.2, 0) is 6.42 Å². The van der Waals surface area contributed by atoms with E-state index in [-0.39, 0.29) is 5.91 Å². The summed E-state index contributed by atoms with van der Waals surface area (Å²) in [4.78, 5) is 13.4. The van der Waals surface area contributed by atoms with Crippen LogP contribution in [0, 0.1) is 6.92 Å². The molecule has 118 valence electrons. The molecular weight excluding hydrogens is 302 g/mol. The number of nitrogens with one attached hydrogen (secondary N) is 1. The lowest BCUT2D eigenvalue weighted by atomic mass is 10.0.